The molecule has 0 fully saturated rings. The first-order chi connectivity index (χ1) is 19.5. The molecule has 0 radical (unpaired) electrons. The van der Waals surface area contributed by atoms with E-state index < -0.39 is 54.2 Å². The summed E-state index contributed by atoms with van der Waals surface area (Å²) in [4.78, 5) is 49.8. The van der Waals surface area contributed by atoms with Crippen molar-refractivity contribution in [2.75, 3.05) is 18.5 Å². The highest BCUT2D eigenvalue weighted by Gasteiger charge is 2.26. The number of hydrogen-bond donors (Lipinski definition) is 3. The van der Waals surface area contributed by atoms with Gasteiger partial charge in [-0.2, -0.15) is 5.10 Å². The van der Waals surface area contributed by atoms with Crippen molar-refractivity contribution in [3.63, 3.8) is 0 Å². The van der Waals surface area contributed by atoms with Crippen LogP contribution in [0.15, 0.2) is 60.7 Å². The van der Waals surface area contributed by atoms with Gasteiger partial charge in [0, 0.05) is 33.7 Å². The average molecular weight is 583 g/mol. The lowest BCUT2D eigenvalue weighted by molar-refractivity contribution is -0.384. The van der Waals surface area contributed by atoms with E-state index in [9.17, 15) is 29.6 Å². The Balaban J connectivity index is 1.57. The minimum absolute atomic E-state index is 0.0767. The zero-order valence-electron chi connectivity index (χ0n) is 21.6. The number of benzene rings is 3. The van der Waals surface area contributed by atoms with E-state index in [1.165, 1.54) is 31.2 Å². The number of primary amides is 1. The van der Waals surface area contributed by atoms with Gasteiger partial charge >= 0.3 is 0 Å². The Bertz CT molecular complexity index is 1680. The van der Waals surface area contributed by atoms with Crippen molar-refractivity contribution in [2.45, 2.75) is 19.5 Å². The van der Waals surface area contributed by atoms with Gasteiger partial charge in [0.15, 0.2) is 11.5 Å². The molecule has 4 N–H and O–H groups in total. The third-order valence-electron chi connectivity index (χ3n) is 6.33. The minimum Gasteiger partial charge on any atom is -0.394 e. The fourth-order valence-corrected chi connectivity index (χ4v) is 4.49. The lowest BCUT2D eigenvalue weighted by atomic mass is 10.0. The molecular formula is C27H24ClFN6O6. The van der Waals surface area contributed by atoms with Crippen molar-refractivity contribution in [1.29, 1.82) is 0 Å². The average Bonchev–Trinajstić information content (AvgIpc) is 3.30. The summed E-state index contributed by atoms with van der Waals surface area (Å²) in [6.07, 6.45) is 0. The summed E-state index contributed by atoms with van der Waals surface area (Å²) < 4.78 is 16.4. The first-order valence-corrected chi connectivity index (χ1v) is 12.6. The number of non-ortho nitro benzene ring substituents is 1. The molecule has 1 unspecified atom stereocenters. The normalized spacial score (nSPS) is 11.7. The van der Waals surface area contributed by atoms with Crippen molar-refractivity contribution >= 4 is 51.6 Å². The fraction of sp³-hybridized carbons (Fsp3) is 0.185. The predicted octanol–water partition coefficient (Wildman–Crippen LogP) is 3.35. The summed E-state index contributed by atoms with van der Waals surface area (Å²) in [5, 5.41) is 27.8. The number of rotatable bonds is 10. The van der Waals surface area contributed by atoms with E-state index in [1.54, 1.807) is 30.3 Å². The van der Waals surface area contributed by atoms with Gasteiger partial charge in [0.05, 0.1) is 28.8 Å². The Morgan fingerprint density at radius 3 is 2.54 bits per heavy atom. The van der Waals surface area contributed by atoms with Gasteiger partial charge < -0.3 is 21.1 Å². The van der Waals surface area contributed by atoms with Crippen LogP contribution in [0.3, 0.4) is 0 Å². The maximum atomic E-state index is 15.3. The molecule has 1 atom stereocenters. The van der Waals surface area contributed by atoms with Crippen LogP contribution in [0.5, 0.6) is 0 Å². The lowest BCUT2D eigenvalue weighted by Crippen LogP contribution is -2.46. The molecule has 0 saturated heterocycles. The number of amides is 3. The molecule has 1 heterocycles. The summed E-state index contributed by atoms with van der Waals surface area (Å²) in [6.45, 7) is -0.0314. The second-order valence-corrected chi connectivity index (χ2v) is 9.48. The molecule has 1 aromatic heterocycles. The molecule has 0 aliphatic rings. The molecule has 0 spiro atoms. The number of carbonyl (C=O) groups is 3. The smallest absolute Gasteiger partial charge is 0.270 e. The van der Waals surface area contributed by atoms with E-state index >= 15 is 4.39 Å². The number of hydrogen-bond acceptors (Lipinski definition) is 7. The van der Waals surface area contributed by atoms with E-state index in [-0.39, 0.29) is 33.5 Å². The molecule has 0 aliphatic carbocycles. The second-order valence-electron chi connectivity index (χ2n) is 9.08. The van der Waals surface area contributed by atoms with Crippen LogP contribution >= 0.6 is 11.6 Å². The Morgan fingerprint density at radius 2 is 1.88 bits per heavy atom. The summed E-state index contributed by atoms with van der Waals surface area (Å²) in [7, 11) is 0. The van der Waals surface area contributed by atoms with Crippen LogP contribution in [0.2, 0.25) is 5.02 Å². The van der Waals surface area contributed by atoms with Gasteiger partial charge in [-0.25, -0.2) is 4.39 Å². The number of nitrogens with one attached hydrogen (secondary N) is 1. The summed E-state index contributed by atoms with van der Waals surface area (Å²) in [5.74, 6) is -3.10. The van der Waals surface area contributed by atoms with Crippen LogP contribution < -0.4 is 11.1 Å². The molecule has 212 valence electrons. The number of carbonyl (C=O) groups excluding carboxylic acids is 3. The number of nitrogens with two attached hydrogens (primary N) is 1. The zero-order chi connectivity index (χ0) is 29.8. The molecular weight excluding hydrogens is 559 g/mol. The van der Waals surface area contributed by atoms with Gasteiger partial charge in [0.2, 0.25) is 11.8 Å². The Labute approximate surface area is 237 Å². The van der Waals surface area contributed by atoms with Gasteiger partial charge in [0.25, 0.3) is 11.6 Å². The zero-order valence-corrected chi connectivity index (χ0v) is 22.3. The molecule has 3 amide bonds. The van der Waals surface area contributed by atoms with Crippen molar-refractivity contribution in [1.82, 2.24) is 14.7 Å². The number of nitro groups is 1. The topological polar surface area (TPSA) is 174 Å². The quantitative estimate of drug-likeness (QED) is 0.190. The largest absolute Gasteiger partial charge is 0.394 e. The maximum Gasteiger partial charge on any atom is 0.270 e. The number of aliphatic hydroxyl groups excluding tert-OH is 1. The summed E-state index contributed by atoms with van der Waals surface area (Å²) in [6, 6.07) is 13.9. The van der Waals surface area contributed by atoms with Gasteiger partial charge in [-0.05, 0) is 25.1 Å². The number of aliphatic hydroxyl groups is 1. The van der Waals surface area contributed by atoms with Crippen LogP contribution in [-0.4, -0.2) is 61.6 Å². The molecule has 0 bridgehead atoms. The van der Waals surface area contributed by atoms with Crippen molar-refractivity contribution in [3.8, 4) is 11.1 Å². The van der Waals surface area contributed by atoms with E-state index in [0.717, 1.165) is 15.6 Å². The maximum absolute atomic E-state index is 15.3. The third kappa shape index (κ3) is 6.15. The third-order valence-corrected chi connectivity index (χ3v) is 6.66. The molecule has 4 rings (SSSR count). The van der Waals surface area contributed by atoms with Crippen LogP contribution in [0.1, 0.15) is 17.4 Å². The highest BCUT2D eigenvalue weighted by Crippen LogP contribution is 2.32. The van der Waals surface area contributed by atoms with Gasteiger partial charge in [-0.1, -0.05) is 41.9 Å². The Morgan fingerprint density at radius 1 is 1.17 bits per heavy atom. The Kier molecular flexibility index (Phi) is 8.59. The lowest BCUT2D eigenvalue weighted by Gasteiger charge is -2.27. The molecule has 12 nitrogen and oxygen atoms in total. The van der Waals surface area contributed by atoms with E-state index in [2.05, 4.69) is 10.4 Å². The molecule has 41 heavy (non-hydrogen) atoms. The number of halogens is 2. The van der Waals surface area contributed by atoms with Gasteiger partial charge in [-0.15, -0.1) is 0 Å². The number of aromatic nitrogens is 2. The van der Waals surface area contributed by atoms with Gasteiger partial charge in [-0.3, -0.25) is 29.2 Å². The first kappa shape index (κ1) is 29.1. The number of nitrogens with zero attached hydrogens (tertiary/aromatic N) is 4. The van der Waals surface area contributed by atoms with E-state index in [0.29, 0.717) is 10.6 Å². The first-order valence-electron chi connectivity index (χ1n) is 12.2. The summed E-state index contributed by atoms with van der Waals surface area (Å²) >= 11 is 6.20. The Hall–Kier alpha value is -4.88. The standard InChI is InChI=1S/C27H24ClFN6O6/c1-15(14-36)33(12-23(37)31-21-8-4-6-18(25(21)29)17-5-2-3-7-20(17)28)24(38)13-34-22-10-9-16(35(40)41)11-19(22)26(32-34)27(30)39/h2-11,15,36H,12-14H2,1H3,(H2,30,39)(H,31,37). The monoisotopic (exact) mass is 582 g/mol. The molecule has 14 heteroatoms. The summed E-state index contributed by atoms with van der Waals surface area (Å²) in [5.41, 5.74) is 5.49. The number of anilines is 1. The van der Waals surface area contributed by atoms with Crippen molar-refractivity contribution in [3.05, 3.63) is 87.3 Å². The number of nitro benzene ring substituents is 1. The molecule has 3 aromatic carbocycles. The highest BCUT2D eigenvalue weighted by atomic mass is 35.5. The second kappa shape index (κ2) is 12.1. The highest BCUT2D eigenvalue weighted by molar-refractivity contribution is 6.33. The number of fused-ring (bicyclic) bond motifs is 1. The molecule has 0 aliphatic heterocycles. The van der Waals surface area contributed by atoms with Crippen LogP contribution in [-0.2, 0) is 16.1 Å². The van der Waals surface area contributed by atoms with Crippen LogP contribution in [0.25, 0.3) is 22.0 Å². The van der Waals surface area contributed by atoms with Crippen LogP contribution in [0, 0.1) is 15.9 Å². The van der Waals surface area contributed by atoms with Crippen molar-refractivity contribution < 1.29 is 28.8 Å². The van der Waals surface area contributed by atoms with E-state index in [1.807, 2.05) is 0 Å². The minimum atomic E-state index is -0.956. The van der Waals surface area contributed by atoms with Crippen molar-refractivity contribution in [2.24, 2.45) is 5.73 Å². The molecule has 0 saturated carbocycles. The predicted molar refractivity (Wildman–Crippen MR) is 149 cm³/mol. The fourth-order valence-electron chi connectivity index (χ4n) is 4.25. The van der Waals surface area contributed by atoms with E-state index in [4.69, 9.17) is 17.3 Å². The molecule has 4 aromatic rings. The SMILES string of the molecule is CC(CO)N(CC(=O)Nc1cccc(-c2ccccc2Cl)c1F)C(=O)Cn1nc(C(N)=O)c2cc([N+](=O)[O-])ccc21. The van der Waals surface area contributed by atoms with Crippen LogP contribution in [0.4, 0.5) is 15.8 Å². The van der Waals surface area contributed by atoms with Gasteiger partial charge in [0.1, 0.15) is 13.1 Å².